The molecule has 0 aromatic carbocycles. The molecule has 13 heavy (non-hydrogen) atoms. The summed E-state index contributed by atoms with van der Waals surface area (Å²) in [5.74, 6) is -0.107. The Bertz CT molecular complexity index is 192. The lowest BCUT2D eigenvalue weighted by Crippen LogP contribution is -2.49. The molecule has 0 aliphatic carbocycles. The largest absolute Gasteiger partial charge is 0.390 e. The van der Waals surface area contributed by atoms with Crippen molar-refractivity contribution in [3.63, 3.8) is 0 Å². The monoisotopic (exact) mass is 188 g/mol. The van der Waals surface area contributed by atoms with Gasteiger partial charge in [-0.2, -0.15) is 0 Å². The summed E-state index contributed by atoms with van der Waals surface area (Å²) in [4.78, 5) is 10.8. The molecule has 2 N–H and O–H groups in total. The molecule has 0 bridgehead atoms. The molecule has 1 aliphatic rings. The number of rotatable bonds is 2. The highest BCUT2D eigenvalue weighted by atomic mass is 16.5. The highest BCUT2D eigenvalue weighted by Gasteiger charge is 2.36. The van der Waals surface area contributed by atoms with Crippen LogP contribution in [0.2, 0.25) is 0 Å². The number of aliphatic hydroxyl groups excluding tert-OH is 2. The van der Waals surface area contributed by atoms with E-state index in [2.05, 4.69) is 0 Å². The Balaban J connectivity index is 2.53. The molecule has 76 valence electrons. The van der Waals surface area contributed by atoms with E-state index in [4.69, 9.17) is 4.74 Å². The van der Waals surface area contributed by atoms with Gasteiger partial charge < -0.3 is 14.9 Å². The maximum Gasteiger partial charge on any atom is 0.132 e. The topological polar surface area (TPSA) is 66.8 Å². The van der Waals surface area contributed by atoms with Crippen molar-refractivity contribution in [1.82, 2.24) is 0 Å². The van der Waals surface area contributed by atoms with E-state index in [1.807, 2.05) is 0 Å². The summed E-state index contributed by atoms with van der Waals surface area (Å²) in [6.45, 7) is 3.65. The van der Waals surface area contributed by atoms with Crippen molar-refractivity contribution in [2.45, 2.75) is 38.6 Å². The standard InChI is InChI=1S/C9H16O4/c1-5-4-13-7(3-6(2)10)9(12)8(5)11/h5,7-9,11-12H,3-4H2,1-2H3. The first kappa shape index (κ1) is 10.6. The second-order valence-electron chi connectivity index (χ2n) is 3.74. The highest BCUT2D eigenvalue weighted by Crippen LogP contribution is 2.21. The highest BCUT2D eigenvalue weighted by molar-refractivity contribution is 5.76. The van der Waals surface area contributed by atoms with Gasteiger partial charge in [0.25, 0.3) is 0 Å². The molecule has 0 aromatic rings. The van der Waals surface area contributed by atoms with E-state index in [0.29, 0.717) is 6.61 Å². The number of hydrogen-bond donors (Lipinski definition) is 2. The van der Waals surface area contributed by atoms with Gasteiger partial charge in [-0.1, -0.05) is 6.92 Å². The van der Waals surface area contributed by atoms with Gasteiger partial charge in [0.1, 0.15) is 11.9 Å². The summed E-state index contributed by atoms with van der Waals surface area (Å²) in [5.41, 5.74) is 0. The first-order valence-electron chi connectivity index (χ1n) is 4.49. The van der Waals surface area contributed by atoms with E-state index < -0.39 is 18.3 Å². The quantitative estimate of drug-likeness (QED) is 0.625. The van der Waals surface area contributed by atoms with Crippen LogP contribution in [0.3, 0.4) is 0 Å². The molecule has 1 fully saturated rings. The Morgan fingerprint density at radius 3 is 2.62 bits per heavy atom. The predicted octanol–water partition coefficient (Wildman–Crippen LogP) is -0.278. The molecule has 4 heteroatoms. The summed E-state index contributed by atoms with van der Waals surface area (Å²) in [6.07, 6.45) is -2.08. The molecular weight excluding hydrogens is 172 g/mol. The third kappa shape index (κ3) is 2.49. The van der Waals surface area contributed by atoms with Gasteiger partial charge in [-0.25, -0.2) is 0 Å². The van der Waals surface area contributed by atoms with E-state index in [9.17, 15) is 15.0 Å². The van der Waals surface area contributed by atoms with Crippen molar-refractivity contribution in [3.8, 4) is 0 Å². The molecule has 1 heterocycles. The van der Waals surface area contributed by atoms with Crippen LogP contribution in [0.25, 0.3) is 0 Å². The number of ether oxygens (including phenoxy) is 1. The Kier molecular flexibility index (Phi) is 3.41. The van der Waals surface area contributed by atoms with Gasteiger partial charge in [-0.15, -0.1) is 0 Å². The predicted molar refractivity (Wildman–Crippen MR) is 46.2 cm³/mol. The summed E-state index contributed by atoms with van der Waals surface area (Å²) >= 11 is 0. The SMILES string of the molecule is CC(=O)CC1OCC(C)C(O)C1O. The lowest BCUT2D eigenvalue weighted by Gasteiger charge is -2.35. The minimum absolute atomic E-state index is 0.0363. The van der Waals surface area contributed by atoms with Crippen LogP contribution in [0.15, 0.2) is 0 Å². The van der Waals surface area contributed by atoms with Crippen molar-refractivity contribution in [2.24, 2.45) is 5.92 Å². The molecule has 0 radical (unpaired) electrons. The van der Waals surface area contributed by atoms with E-state index in [-0.39, 0.29) is 18.1 Å². The maximum atomic E-state index is 10.8. The third-order valence-electron chi connectivity index (χ3n) is 2.38. The van der Waals surface area contributed by atoms with E-state index >= 15 is 0 Å². The molecule has 0 spiro atoms. The van der Waals surface area contributed by atoms with Gasteiger partial charge in [0.2, 0.25) is 0 Å². The van der Waals surface area contributed by atoms with Crippen molar-refractivity contribution in [2.75, 3.05) is 6.61 Å². The molecular formula is C9H16O4. The Labute approximate surface area is 77.5 Å². The average molecular weight is 188 g/mol. The van der Waals surface area contributed by atoms with Crippen LogP contribution in [0.5, 0.6) is 0 Å². The molecule has 0 aromatic heterocycles. The zero-order chi connectivity index (χ0) is 10.0. The van der Waals surface area contributed by atoms with Crippen LogP contribution in [0.4, 0.5) is 0 Å². The van der Waals surface area contributed by atoms with Gasteiger partial charge in [-0.3, -0.25) is 4.79 Å². The minimum atomic E-state index is -0.937. The Hall–Kier alpha value is -0.450. The van der Waals surface area contributed by atoms with Gasteiger partial charge in [0.15, 0.2) is 0 Å². The molecule has 0 saturated carbocycles. The normalized spacial score (nSPS) is 40.3. The summed E-state index contributed by atoms with van der Waals surface area (Å²) in [6, 6.07) is 0. The number of ketones is 1. The molecule has 1 saturated heterocycles. The number of Topliss-reactive ketones (excluding diaryl/α,β-unsaturated/α-hetero) is 1. The Morgan fingerprint density at radius 2 is 2.08 bits per heavy atom. The third-order valence-corrected chi connectivity index (χ3v) is 2.38. The van der Waals surface area contributed by atoms with E-state index in [1.54, 1.807) is 6.92 Å². The molecule has 1 rings (SSSR count). The second-order valence-corrected chi connectivity index (χ2v) is 3.74. The minimum Gasteiger partial charge on any atom is -0.390 e. The number of carbonyl (C=O) groups is 1. The Morgan fingerprint density at radius 1 is 1.46 bits per heavy atom. The number of hydrogen-bond acceptors (Lipinski definition) is 4. The van der Waals surface area contributed by atoms with Gasteiger partial charge in [-0.05, 0) is 6.92 Å². The van der Waals surface area contributed by atoms with Crippen LogP contribution >= 0.6 is 0 Å². The number of aliphatic hydroxyl groups is 2. The average Bonchev–Trinajstić information content (AvgIpc) is 2.06. The van der Waals surface area contributed by atoms with Crippen molar-refractivity contribution in [3.05, 3.63) is 0 Å². The molecule has 4 atom stereocenters. The lowest BCUT2D eigenvalue weighted by atomic mass is 9.92. The van der Waals surface area contributed by atoms with Gasteiger partial charge in [0, 0.05) is 12.3 Å². The maximum absolute atomic E-state index is 10.8. The molecule has 4 nitrogen and oxygen atoms in total. The van der Waals surface area contributed by atoms with Crippen LogP contribution in [-0.2, 0) is 9.53 Å². The van der Waals surface area contributed by atoms with Crippen molar-refractivity contribution >= 4 is 5.78 Å². The van der Waals surface area contributed by atoms with Crippen molar-refractivity contribution in [1.29, 1.82) is 0 Å². The van der Waals surface area contributed by atoms with Gasteiger partial charge >= 0.3 is 0 Å². The van der Waals surface area contributed by atoms with E-state index in [0.717, 1.165) is 0 Å². The summed E-state index contributed by atoms with van der Waals surface area (Å²) < 4.78 is 5.25. The van der Waals surface area contributed by atoms with Crippen molar-refractivity contribution < 1.29 is 19.7 Å². The summed E-state index contributed by atoms with van der Waals surface area (Å²) in [5, 5.41) is 19.0. The summed E-state index contributed by atoms with van der Waals surface area (Å²) in [7, 11) is 0. The van der Waals surface area contributed by atoms with Crippen LogP contribution in [0.1, 0.15) is 20.3 Å². The zero-order valence-corrected chi connectivity index (χ0v) is 7.93. The van der Waals surface area contributed by atoms with Gasteiger partial charge in [0.05, 0.1) is 18.8 Å². The smallest absolute Gasteiger partial charge is 0.132 e. The van der Waals surface area contributed by atoms with E-state index in [1.165, 1.54) is 6.92 Å². The number of carbonyl (C=O) groups excluding carboxylic acids is 1. The van der Waals surface area contributed by atoms with Crippen LogP contribution < -0.4 is 0 Å². The lowest BCUT2D eigenvalue weighted by molar-refractivity contribution is -0.164. The molecule has 1 aliphatic heterocycles. The van der Waals surface area contributed by atoms with Crippen LogP contribution in [0, 0.1) is 5.92 Å². The molecule has 4 unspecified atom stereocenters. The second kappa shape index (κ2) is 4.17. The fourth-order valence-corrected chi connectivity index (χ4v) is 1.49. The first-order valence-corrected chi connectivity index (χ1v) is 4.49. The molecule has 0 amide bonds. The fourth-order valence-electron chi connectivity index (χ4n) is 1.49. The zero-order valence-electron chi connectivity index (χ0n) is 7.93. The fraction of sp³-hybridized carbons (Fsp3) is 0.889. The van der Waals surface area contributed by atoms with Crippen LogP contribution in [-0.4, -0.2) is 40.9 Å². The first-order chi connectivity index (χ1) is 6.02.